The standard InChI is InChI=1S/C27H36FNO8/c1-3-35-25(26(30)31)19-21-7-11-24(12-8-21)36-16-14-29(27(32)37-18-17-33-2)13-4-15-34-20-22-5-9-23(28)10-6-22/h5-12,25H,3-4,13-20H2,1-2H3,(H,30,31). The molecule has 0 heterocycles. The van der Waals surface area contributed by atoms with Crippen molar-refractivity contribution < 1.29 is 42.8 Å². The zero-order valence-corrected chi connectivity index (χ0v) is 21.4. The molecule has 1 N–H and O–H groups in total. The van der Waals surface area contributed by atoms with Gasteiger partial charge in [-0.1, -0.05) is 24.3 Å². The number of carbonyl (C=O) groups excluding carboxylic acids is 1. The number of amides is 1. The van der Waals surface area contributed by atoms with Gasteiger partial charge in [0, 0.05) is 33.3 Å². The first-order chi connectivity index (χ1) is 17.9. The fraction of sp³-hybridized carbons (Fsp3) is 0.481. The molecule has 1 atom stereocenters. The van der Waals surface area contributed by atoms with Gasteiger partial charge in [-0.05, 0) is 48.7 Å². The number of hydrogen-bond acceptors (Lipinski definition) is 7. The molecule has 0 radical (unpaired) electrons. The zero-order chi connectivity index (χ0) is 26.9. The summed E-state index contributed by atoms with van der Waals surface area (Å²) in [6.45, 7) is 4.25. The Bertz CT molecular complexity index is 923. The van der Waals surface area contributed by atoms with Gasteiger partial charge in [-0.2, -0.15) is 0 Å². The summed E-state index contributed by atoms with van der Waals surface area (Å²) in [5.74, 6) is -0.694. The topological polar surface area (TPSA) is 104 Å². The molecule has 1 amide bonds. The highest BCUT2D eigenvalue weighted by molar-refractivity contribution is 5.72. The van der Waals surface area contributed by atoms with Crippen molar-refractivity contribution in [3.05, 3.63) is 65.5 Å². The van der Waals surface area contributed by atoms with Crippen molar-refractivity contribution >= 4 is 12.1 Å². The summed E-state index contributed by atoms with van der Waals surface area (Å²) in [6, 6.07) is 13.2. The Hall–Kier alpha value is -3.21. The van der Waals surface area contributed by atoms with Gasteiger partial charge < -0.3 is 33.7 Å². The molecule has 0 aliphatic carbocycles. The minimum atomic E-state index is -1.000. The van der Waals surface area contributed by atoms with Gasteiger partial charge in [0.05, 0.1) is 19.8 Å². The van der Waals surface area contributed by atoms with Crippen molar-refractivity contribution in [2.24, 2.45) is 0 Å². The smallest absolute Gasteiger partial charge is 0.409 e. The Morgan fingerprint density at radius 3 is 2.30 bits per heavy atom. The fourth-order valence-corrected chi connectivity index (χ4v) is 3.35. The van der Waals surface area contributed by atoms with Crippen LogP contribution < -0.4 is 4.74 Å². The maximum atomic E-state index is 13.0. The molecule has 0 fully saturated rings. The van der Waals surface area contributed by atoms with Crippen molar-refractivity contribution in [2.75, 3.05) is 53.2 Å². The second-order valence-electron chi connectivity index (χ2n) is 8.11. The van der Waals surface area contributed by atoms with Crippen LogP contribution in [0.15, 0.2) is 48.5 Å². The largest absolute Gasteiger partial charge is 0.492 e. The average molecular weight is 522 g/mol. The van der Waals surface area contributed by atoms with E-state index in [2.05, 4.69) is 0 Å². The van der Waals surface area contributed by atoms with Crippen molar-refractivity contribution in [3.8, 4) is 5.75 Å². The molecule has 0 aliphatic rings. The zero-order valence-electron chi connectivity index (χ0n) is 21.4. The molecule has 2 aromatic rings. The van der Waals surface area contributed by atoms with E-state index in [-0.39, 0.29) is 25.5 Å². The highest BCUT2D eigenvalue weighted by atomic mass is 19.1. The SMILES string of the molecule is CCOC(Cc1ccc(OCCN(CCCOCc2ccc(F)cc2)C(=O)OCCOC)cc1)C(=O)O. The van der Waals surface area contributed by atoms with E-state index in [0.717, 1.165) is 11.1 Å². The van der Waals surface area contributed by atoms with E-state index in [1.165, 1.54) is 19.2 Å². The van der Waals surface area contributed by atoms with Gasteiger partial charge in [-0.25, -0.2) is 14.0 Å². The third-order valence-corrected chi connectivity index (χ3v) is 5.29. The summed E-state index contributed by atoms with van der Waals surface area (Å²) in [5, 5.41) is 9.23. The third-order valence-electron chi connectivity index (χ3n) is 5.29. The molecule has 0 aromatic heterocycles. The van der Waals surface area contributed by atoms with E-state index >= 15 is 0 Å². The number of methoxy groups -OCH3 is 1. The van der Waals surface area contributed by atoms with E-state index in [1.54, 1.807) is 48.2 Å². The van der Waals surface area contributed by atoms with Crippen molar-refractivity contribution in [2.45, 2.75) is 32.5 Å². The van der Waals surface area contributed by atoms with Crippen LogP contribution in [0.4, 0.5) is 9.18 Å². The number of nitrogens with zero attached hydrogens (tertiary/aromatic N) is 1. The van der Waals surface area contributed by atoms with Gasteiger partial charge in [-0.15, -0.1) is 0 Å². The van der Waals surface area contributed by atoms with Crippen LogP contribution in [0.25, 0.3) is 0 Å². The van der Waals surface area contributed by atoms with E-state index < -0.39 is 18.2 Å². The number of carbonyl (C=O) groups is 2. The number of halogens is 1. The van der Waals surface area contributed by atoms with E-state index in [4.69, 9.17) is 23.7 Å². The predicted octanol–water partition coefficient (Wildman–Crippen LogP) is 3.93. The molecule has 0 saturated heterocycles. The van der Waals surface area contributed by atoms with Crippen LogP contribution in [-0.4, -0.2) is 81.4 Å². The molecule has 0 spiro atoms. The lowest BCUT2D eigenvalue weighted by molar-refractivity contribution is -0.149. The molecule has 1 unspecified atom stereocenters. The van der Waals surface area contributed by atoms with Crippen molar-refractivity contribution in [3.63, 3.8) is 0 Å². The van der Waals surface area contributed by atoms with Crippen LogP contribution in [0, 0.1) is 5.82 Å². The van der Waals surface area contributed by atoms with Crippen molar-refractivity contribution in [1.82, 2.24) is 4.90 Å². The van der Waals surface area contributed by atoms with Crippen LogP contribution >= 0.6 is 0 Å². The highest BCUT2D eigenvalue weighted by Gasteiger charge is 2.18. The van der Waals surface area contributed by atoms with Gasteiger partial charge in [0.1, 0.15) is 24.8 Å². The van der Waals surface area contributed by atoms with Crippen LogP contribution in [-0.2, 0) is 36.8 Å². The number of rotatable bonds is 18. The van der Waals surface area contributed by atoms with Crippen LogP contribution in [0.2, 0.25) is 0 Å². The van der Waals surface area contributed by atoms with Gasteiger partial charge in [0.2, 0.25) is 0 Å². The molecule has 0 aliphatic heterocycles. The number of carboxylic acids is 1. The molecule has 204 valence electrons. The summed E-state index contributed by atoms with van der Waals surface area (Å²) in [4.78, 5) is 25.3. The van der Waals surface area contributed by atoms with Crippen molar-refractivity contribution in [1.29, 1.82) is 0 Å². The lowest BCUT2D eigenvalue weighted by atomic mass is 10.1. The molecule has 37 heavy (non-hydrogen) atoms. The summed E-state index contributed by atoms with van der Waals surface area (Å²) in [6.07, 6.45) is -0.521. The number of carboxylic acid groups (broad SMARTS) is 1. The second-order valence-corrected chi connectivity index (χ2v) is 8.11. The number of aliphatic carboxylic acids is 1. The Kier molecular flexibility index (Phi) is 14.0. The lowest BCUT2D eigenvalue weighted by Gasteiger charge is -2.22. The van der Waals surface area contributed by atoms with E-state index in [0.29, 0.717) is 51.7 Å². The summed E-state index contributed by atoms with van der Waals surface area (Å²) >= 11 is 0. The highest BCUT2D eigenvalue weighted by Crippen LogP contribution is 2.15. The summed E-state index contributed by atoms with van der Waals surface area (Å²) in [7, 11) is 1.53. The fourth-order valence-electron chi connectivity index (χ4n) is 3.35. The molecule has 0 bridgehead atoms. The predicted molar refractivity (Wildman–Crippen MR) is 134 cm³/mol. The molecule has 0 saturated carbocycles. The second kappa shape index (κ2) is 17.3. The van der Waals surface area contributed by atoms with Gasteiger partial charge in [0.15, 0.2) is 6.10 Å². The maximum Gasteiger partial charge on any atom is 0.409 e. The quantitative estimate of drug-likeness (QED) is 0.295. The third kappa shape index (κ3) is 12.1. The summed E-state index contributed by atoms with van der Waals surface area (Å²) < 4.78 is 39.8. The Morgan fingerprint density at radius 2 is 1.65 bits per heavy atom. The Morgan fingerprint density at radius 1 is 0.946 bits per heavy atom. The maximum absolute atomic E-state index is 13.0. The number of ether oxygens (including phenoxy) is 5. The van der Waals surface area contributed by atoms with Gasteiger partial charge >= 0.3 is 12.1 Å². The Labute approximate surface area is 217 Å². The molecular formula is C27H36FNO8. The number of hydrogen-bond donors (Lipinski definition) is 1. The monoisotopic (exact) mass is 521 g/mol. The van der Waals surface area contributed by atoms with Crippen LogP contribution in [0.5, 0.6) is 5.75 Å². The molecular weight excluding hydrogens is 485 g/mol. The Balaban J connectivity index is 1.80. The van der Waals surface area contributed by atoms with E-state index in [9.17, 15) is 19.1 Å². The first kappa shape index (κ1) is 30.0. The van der Waals surface area contributed by atoms with Crippen LogP contribution in [0.3, 0.4) is 0 Å². The van der Waals surface area contributed by atoms with Gasteiger partial charge in [-0.3, -0.25) is 0 Å². The van der Waals surface area contributed by atoms with E-state index in [1.807, 2.05) is 0 Å². The minimum Gasteiger partial charge on any atom is -0.492 e. The molecule has 10 heteroatoms. The normalized spacial score (nSPS) is 11.6. The van der Waals surface area contributed by atoms with Crippen LogP contribution in [0.1, 0.15) is 24.5 Å². The molecule has 2 rings (SSSR count). The summed E-state index contributed by atoms with van der Waals surface area (Å²) in [5.41, 5.74) is 1.69. The average Bonchev–Trinajstić information content (AvgIpc) is 2.89. The number of benzene rings is 2. The first-order valence-electron chi connectivity index (χ1n) is 12.2. The van der Waals surface area contributed by atoms with Gasteiger partial charge in [0.25, 0.3) is 0 Å². The minimum absolute atomic E-state index is 0.147. The lowest BCUT2D eigenvalue weighted by Crippen LogP contribution is -2.36. The molecule has 9 nitrogen and oxygen atoms in total. The molecule has 2 aromatic carbocycles. The first-order valence-corrected chi connectivity index (χ1v) is 12.2.